The van der Waals surface area contributed by atoms with Crippen molar-refractivity contribution in [1.82, 2.24) is 9.97 Å². The van der Waals surface area contributed by atoms with Gasteiger partial charge in [0.1, 0.15) is 0 Å². The third kappa shape index (κ3) is 3.93. The summed E-state index contributed by atoms with van der Waals surface area (Å²) in [6, 6.07) is 19.2. The molecule has 2 aromatic heterocycles. The standard InChI is InChI=1S/C24H16N2O6S2/c27-33(28,29)17-5-1-15(2-6-17)19-11-13-25-23-21(19)9-10-22-20(12-14-26-24(22)23)16-3-7-18(8-4-16)34(30,31)32/h1-14H,(H,27,28,29)(H,30,31,32). The summed E-state index contributed by atoms with van der Waals surface area (Å²) in [5, 5.41) is 1.61. The van der Waals surface area contributed by atoms with E-state index in [0.717, 1.165) is 33.0 Å². The van der Waals surface area contributed by atoms with E-state index >= 15 is 0 Å². The second kappa shape index (κ2) is 7.96. The topological polar surface area (TPSA) is 135 Å². The molecule has 5 rings (SSSR count). The van der Waals surface area contributed by atoms with Gasteiger partial charge in [0.05, 0.1) is 20.8 Å². The van der Waals surface area contributed by atoms with E-state index in [1.807, 2.05) is 24.3 Å². The van der Waals surface area contributed by atoms with Gasteiger partial charge in [-0.25, -0.2) is 0 Å². The monoisotopic (exact) mass is 492 g/mol. The van der Waals surface area contributed by atoms with Crippen molar-refractivity contribution in [3.63, 3.8) is 0 Å². The molecule has 0 radical (unpaired) electrons. The first-order valence-corrected chi connectivity index (χ1v) is 12.8. The summed E-state index contributed by atoms with van der Waals surface area (Å²) in [7, 11) is -8.57. The lowest BCUT2D eigenvalue weighted by Gasteiger charge is -2.11. The smallest absolute Gasteiger partial charge is 0.282 e. The summed E-state index contributed by atoms with van der Waals surface area (Å²) < 4.78 is 63.9. The highest BCUT2D eigenvalue weighted by Crippen LogP contribution is 2.35. The number of benzene rings is 3. The van der Waals surface area contributed by atoms with Gasteiger partial charge in [-0.2, -0.15) is 16.8 Å². The van der Waals surface area contributed by atoms with Crippen LogP contribution in [0, 0.1) is 0 Å². The second-order valence-electron chi connectivity index (χ2n) is 7.57. The van der Waals surface area contributed by atoms with Crippen molar-refractivity contribution < 1.29 is 25.9 Å². The van der Waals surface area contributed by atoms with E-state index < -0.39 is 20.2 Å². The molecule has 0 aliphatic heterocycles. The van der Waals surface area contributed by atoms with Gasteiger partial charge in [-0.3, -0.25) is 19.1 Å². The predicted molar refractivity (Wildman–Crippen MR) is 128 cm³/mol. The highest BCUT2D eigenvalue weighted by molar-refractivity contribution is 7.86. The van der Waals surface area contributed by atoms with Crippen LogP contribution in [0.2, 0.25) is 0 Å². The Kier molecular flexibility index (Phi) is 5.18. The highest BCUT2D eigenvalue weighted by atomic mass is 32.2. The van der Waals surface area contributed by atoms with E-state index in [9.17, 15) is 25.9 Å². The van der Waals surface area contributed by atoms with Crippen molar-refractivity contribution in [2.24, 2.45) is 0 Å². The maximum absolute atomic E-state index is 11.4. The van der Waals surface area contributed by atoms with Crippen LogP contribution in [-0.4, -0.2) is 35.9 Å². The lowest BCUT2D eigenvalue weighted by atomic mass is 9.96. The molecule has 34 heavy (non-hydrogen) atoms. The van der Waals surface area contributed by atoms with Crippen molar-refractivity contribution in [2.75, 3.05) is 0 Å². The zero-order valence-electron chi connectivity index (χ0n) is 17.3. The highest BCUT2D eigenvalue weighted by Gasteiger charge is 2.15. The predicted octanol–water partition coefficient (Wildman–Crippen LogP) is 4.61. The van der Waals surface area contributed by atoms with E-state index in [1.165, 1.54) is 24.3 Å². The van der Waals surface area contributed by atoms with Gasteiger partial charge < -0.3 is 0 Å². The lowest BCUT2D eigenvalue weighted by molar-refractivity contribution is 0.481. The van der Waals surface area contributed by atoms with Crippen LogP contribution in [0.4, 0.5) is 0 Å². The van der Waals surface area contributed by atoms with Crippen LogP contribution in [0.3, 0.4) is 0 Å². The van der Waals surface area contributed by atoms with Crippen molar-refractivity contribution >= 4 is 42.0 Å². The van der Waals surface area contributed by atoms with Gasteiger partial charge in [-0.05, 0) is 58.7 Å². The summed E-state index contributed by atoms with van der Waals surface area (Å²) >= 11 is 0. The van der Waals surface area contributed by atoms with Crippen LogP contribution in [0.15, 0.2) is 95.0 Å². The average Bonchev–Trinajstić information content (AvgIpc) is 2.82. The maximum Gasteiger partial charge on any atom is 0.294 e. The van der Waals surface area contributed by atoms with Gasteiger partial charge in [0, 0.05) is 23.2 Å². The van der Waals surface area contributed by atoms with Gasteiger partial charge in [0.25, 0.3) is 20.2 Å². The lowest BCUT2D eigenvalue weighted by Crippen LogP contribution is -1.97. The van der Waals surface area contributed by atoms with E-state index in [2.05, 4.69) is 9.97 Å². The van der Waals surface area contributed by atoms with Crippen LogP contribution in [0.25, 0.3) is 44.1 Å². The Morgan fingerprint density at radius 3 is 1.18 bits per heavy atom. The molecule has 3 aromatic carbocycles. The molecular weight excluding hydrogens is 476 g/mol. The third-order valence-corrected chi connectivity index (χ3v) is 7.28. The van der Waals surface area contributed by atoms with Crippen molar-refractivity contribution in [1.29, 1.82) is 0 Å². The first-order valence-electron chi connectivity index (χ1n) is 9.95. The Morgan fingerprint density at radius 1 is 0.500 bits per heavy atom. The molecule has 0 atom stereocenters. The molecule has 0 saturated carbocycles. The minimum atomic E-state index is -4.28. The molecule has 170 valence electrons. The molecule has 0 aliphatic carbocycles. The molecule has 0 spiro atoms. The maximum atomic E-state index is 11.4. The number of hydrogen-bond acceptors (Lipinski definition) is 6. The number of hydrogen-bond donors (Lipinski definition) is 2. The van der Waals surface area contributed by atoms with Gasteiger partial charge >= 0.3 is 0 Å². The molecule has 0 bridgehead atoms. The second-order valence-corrected chi connectivity index (χ2v) is 10.4. The third-order valence-electron chi connectivity index (χ3n) is 5.55. The number of fused-ring (bicyclic) bond motifs is 3. The van der Waals surface area contributed by atoms with Crippen LogP contribution < -0.4 is 0 Å². The van der Waals surface area contributed by atoms with Crippen LogP contribution >= 0.6 is 0 Å². The SMILES string of the molecule is O=S(=O)(O)c1ccc(-c2ccnc3c2ccc2c(-c4ccc(S(=O)(=O)O)cc4)ccnc23)cc1. The molecule has 0 amide bonds. The first-order chi connectivity index (χ1) is 16.1. The Hall–Kier alpha value is -3.70. The summed E-state index contributed by atoms with van der Waals surface area (Å²) in [5.41, 5.74) is 4.42. The zero-order valence-corrected chi connectivity index (χ0v) is 19.0. The largest absolute Gasteiger partial charge is 0.294 e. The van der Waals surface area contributed by atoms with E-state index in [-0.39, 0.29) is 9.79 Å². The Balaban J connectivity index is 1.67. The fourth-order valence-corrected chi connectivity index (χ4v) is 4.90. The number of aromatic nitrogens is 2. The van der Waals surface area contributed by atoms with Crippen molar-refractivity contribution in [3.05, 3.63) is 85.2 Å². The molecule has 2 N–H and O–H groups in total. The Morgan fingerprint density at radius 2 is 0.853 bits per heavy atom. The Bertz CT molecular complexity index is 1650. The average molecular weight is 493 g/mol. The summed E-state index contributed by atoms with van der Waals surface area (Å²) in [6.45, 7) is 0. The molecule has 5 aromatic rings. The molecule has 10 heteroatoms. The molecular formula is C24H16N2O6S2. The number of pyridine rings is 2. The van der Waals surface area contributed by atoms with E-state index in [4.69, 9.17) is 0 Å². The molecule has 0 unspecified atom stereocenters. The quantitative estimate of drug-likeness (QED) is 0.274. The van der Waals surface area contributed by atoms with Crippen molar-refractivity contribution in [3.8, 4) is 22.3 Å². The minimum absolute atomic E-state index is 0.189. The van der Waals surface area contributed by atoms with Gasteiger partial charge in [0.15, 0.2) is 0 Å². The summed E-state index contributed by atoms with van der Waals surface area (Å²) in [6.07, 6.45) is 3.28. The molecule has 2 heterocycles. The van der Waals surface area contributed by atoms with E-state index in [1.54, 1.807) is 36.7 Å². The first kappa shape index (κ1) is 22.1. The normalized spacial score (nSPS) is 12.3. The van der Waals surface area contributed by atoms with Gasteiger partial charge in [-0.15, -0.1) is 0 Å². The van der Waals surface area contributed by atoms with Gasteiger partial charge in [-0.1, -0.05) is 36.4 Å². The van der Waals surface area contributed by atoms with Crippen LogP contribution in [0.1, 0.15) is 0 Å². The van der Waals surface area contributed by atoms with Crippen molar-refractivity contribution in [2.45, 2.75) is 9.79 Å². The minimum Gasteiger partial charge on any atom is -0.282 e. The van der Waals surface area contributed by atoms with Gasteiger partial charge in [0.2, 0.25) is 0 Å². The zero-order chi connectivity index (χ0) is 24.1. The summed E-state index contributed by atoms with van der Waals surface area (Å²) in [5.74, 6) is 0. The fourth-order valence-electron chi connectivity index (χ4n) is 3.94. The van der Waals surface area contributed by atoms with Crippen LogP contribution in [0.5, 0.6) is 0 Å². The molecule has 0 saturated heterocycles. The summed E-state index contributed by atoms with van der Waals surface area (Å²) in [4.78, 5) is 8.67. The molecule has 0 fully saturated rings. The number of rotatable bonds is 4. The fraction of sp³-hybridized carbons (Fsp3) is 0. The molecule has 0 aliphatic rings. The Labute approximate surface area is 195 Å². The molecule has 8 nitrogen and oxygen atoms in total. The van der Waals surface area contributed by atoms with Crippen LogP contribution in [-0.2, 0) is 20.2 Å². The number of nitrogens with zero attached hydrogens (tertiary/aromatic N) is 2. The van der Waals surface area contributed by atoms with E-state index in [0.29, 0.717) is 11.0 Å².